The molecular weight excluding hydrogens is 441 g/mol. The van der Waals surface area contributed by atoms with Crippen LogP contribution in [0.5, 0.6) is 0 Å². The number of nitrogens with zero attached hydrogens (tertiary/aromatic N) is 3. The van der Waals surface area contributed by atoms with E-state index in [9.17, 15) is 29.6 Å². The van der Waals surface area contributed by atoms with Crippen molar-refractivity contribution in [1.82, 2.24) is 0 Å². The van der Waals surface area contributed by atoms with Crippen LogP contribution in [0, 0.1) is 51.1 Å². The van der Waals surface area contributed by atoms with Crippen LogP contribution in [0.2, 0.25) is 0 Å². The van der Waals surface area contributed by atoms with Gasteiger partial charge in [0.25, 0.3) is 0 Å². The van der Waals surface area contributed by atoms with Crippen molar-refractivity contribution in [3.05, 3.63) is 82.4 Å². The molecule has 0 radical (unpaired) electrons. The lowest BCUT2D eigenvalue weighted by Crippen LogP contribution is -2.47. The third kappa shape index (κ3) is 3.72. The average molecular weight is 459 g/mol. The molecule has 2 aromatic rings. The zero-order valence-corrected chi connectivity index (χ0v) is 18.2. The first-order chi connectivity index (χ1) is 16.3. The number of nitriles is 3. The van der Waals surface area contributed by atoms with Crippen LogP contribution in [0.3, 0.4) is 0 Å². The maximum atomic E-state index is 13.7. The zero-order chi connectivity index (χ0) is 25.0. The van der Waals surface area contributed by atoms with Gasteiger partial charge in [-0.2, -0.15) is 15.8 Å². The van der Waals surface area contributed by atoms with E-state index in [1.165, 1.54) is 36.4 Å². The van der Waals surface area contributed by atoms with Crippen LogP contribution in [0.25, 0.3) is 0 Å². The van der Waals surface area contributed by atoms with Crippen molar-refractivity contribution in [1.29, 1.82) is 15.8 Å². The van der Waals surface area contributed by atoms with E-state index in [1.54, 1.807) is 0 Å². The van der Waals surface area contributed by atoms with Crippen LogP contribution in [-0.2, 0) is 19.1 Å². The summed E-state index contributed by atoms with van der Waals surface area (Å²) in [5, 5.41) is 41.1. The molecule has 3 rings (SSSR count). The molecule has 0 saturated carbocycles. The van der Waals surface area contributed by atoms with Gasteiger partial charge in [0, 0.05) is 5.92 Å². The number of carbonyl (C=O) groups is 2. The molecule has 9 heteroatoms. The smallest absolute Gasteiger partial charge is 0.337 e. The quantitative estimate of drug-likeness (QED) is 0.685. The largest absolute Gasteiger partial charge is 0.511 e. The van der Waals surface area contributed by atoms with E-state index >= 15 is 0 Å². The summed E-state index contributed by atoms with van der Waals surface area (Å²) in [6.45, 7) is 0. The minimum atomic E-state index is -2.14. The van der Waals surface area contributed by atoms with Gasteiger partial charge in [0.2, 0.25) is 0 Å². The van der Waals surface area contributed by atoms with Gasteiger partial charge < -0.3 is 14.6 Å². The minimum absolute atomic E-state index is 0.179. The van der Waals surface area contributed by atoms with Crippen LogP contribution in [-0.4, -0.2) is 31.3 Å². The highest BCUT2D eigenvalue weighted by Gasteiger charge is 2.61. The molecule has 0 saturated heterocycles. The number of aliphatic hydroxyl groups excluding tert-OH is 1. The van der Waals surface area contributed by atoms with Gasteiger partial charge in [-0.3, -0.25) is 4.79 Å². The third-order valence-electron chi connectivity index (χ3n) is 5.97. The van der Waals surface area contributed by atoms with Crippen molar-refractivity contribution in [2.45, 2.75) is 11.8 Å². The average Bonchev–Trinajstić information content (AvgIpc) is 2.87. The lowest BCUT2D eigenvalue weighted by Gasteiger charge is -2.44. The van der Waals surface area contributed by atoms with E-state index in [2.05, 4.69) is 0 Å². The number of hydrogen-bond donors (Lipinski definition) is 1. The highest BCUT2D eigenvalue weighted by atomic mass is 19.1. The van der Waals surface area contributed by atoms with Gasteiger partial charge in [-0.25, -0.2) is 9.18 Å². The molecule has 34 heavy (non-hydrogen) atoms. The monoisotopic (exact) mass is 459 g/mol. The standard InChI is InChI=1S/C25H18FN3O5/c1-33-23(31)18-20(15-5-3-14(11-27)4-6-15)25(12-28,13-29)21(16-7-9-17(26)10-8-16)19(22(18)30)24(32)34-2/h3-10,18,20-21,30H,1-2H3/t18-,20-,21-/m1/s1. The zero-order valence-electron chi connectivity index (χ0n) is 18.2. The lowest BCUT2D eigenvalue weighted by molar-refractivity contribution is -0.147. The SMILES string of the molecule is COC(=O)C1=C(O)[C@H](C(=O)OC)[C@@H](c2ccc(C#N)cc2)C(C#N)(C#N)[C@@H]1c1ccc(F)cc1. The van der Waals surface area contributed by atoms with Crippen LogP contribution in [0.1, 0.15) is 28.5 Å². The molecular formula is C25H18FN3O5. The van der Waals surface area contributed by atoms with Crippen molar-refractivity contribution < 1.29 is 28.6 Å². The Bertz CT molecular complexity index is 1270. The summed E-state index contributed by atoms with van der Waals surface area (Å²) in [6, 6.07) is 16.4. The molecule has 1 N–H and O–H groups in total. The Balaban J connectivity index is 2.46. The molecule has 170 valence electrons. The van der Waals surface area contributed by atoms with E-state index in [-0.39, 0.29) is 11.1 Å². The second-order valence-corrected chi connectivity index (χ2v) is 7.58. The first-order valence-corrected chi connectivity index (χ1v) is 9.96. The number of halogens is 1. The highest BCUT2D eigenvalue weighted by molar-refractivity contribution is 5.94. The van der Waals surface area contributed by atoms with E-state index < -0.39 is 52.3 Å². The number of ether oxygens (including phenoxy) is 2. The van der Waals surface area contributed by atoms with E-state index in [0.717, 1.165) is 26.4 Å². The Morgan fingerprint density at radius 1 is 0.941 bits per heavy atom. The second kappa shape index (κ2) is 9.44. The van der Waals surface area contributed by atoms with Crippen LogP contribution in [0.15, 0.2) is 59.9 Å². The second-order valence-electron chi connectivity index (χ2n) is 7.58. The summed E-state index contributed by atoms with van der Waals surface area (Å²) >= 11 is 0. The van der Waals surface area contributed by atoms with Crippen LogP contribution in [0.4, 0.5) is 4.39 Å². The predicted octanol–water partition coefficient (Wildman–Crippen LogP) is 3.39. The number of carbonyl (C=O) groups excluding carboxylic acids is 2. The lowest BCUT2D eigenvalue weighted by atomic mass is 9.54. The minimum Gasteiger partial charge on any atom is -0.511 e. The summed E-state index contributed by atoms with van der Waals surface area (Å²) in [7, 11) is 2.11. The number of methoxy groups -OCH3 is 2. The molecule has 3 atom stereocenters. The number of hydrogen-bond acceptors (Lipinski definition) is 8. The van der Waals surface area contributed by atoms with Crippen molar-refractivity contribution in [3.63, 3.8) is 0 Å². The molecule has 0 fully saturated rings. The van der Waals surface area contributed by atoms with Gasteiger partial charge in [-0.1, -0.05) is 24.3 Å². The van der Waals surface area contributed by atoms with E-state index in [4.69, 9.17) is 14.7 Å². The molecule has 0 spiro atoms. The Morgan fingerprint density at radius 2 is 1.50 bits per heavy atom. The maximum Gasteiger partial charge on any atom is 0.337 e. The number of esters is 2. The maximum absolute atomic E-state index is 13.7. The van der Waals surface area contributed by atoms with Crippen molar-refractivity contribution in [2.24, 2.45) is 11.3 Å². The number of benzene rings is 2. The number of rotatable bonds is 4. The summed E-state index contributed by atoms with van der Waals surface area (Å²) in [5.74, 6) is -7.69. The topological polar surface area (TPSA) is 144 Å². The summed E-state index contributed by atoms with van der Waals surface area (Å²) < 4.78 is 23.3. The van der Waals surface area contributed by atoms with Gasteiger partial charge in [-0.05, 0) is 35.4 Å². The molecule has 0 bridgehead atoms. The number of aliphatic hydroxyl groups is 1. The Hall–Kier alpha value is -4.68. The third-order valence-corrected chi connectivity index (χ3v) is 5.97. The van der Waals surface area contributed by atoms with Crippen LogP contribution < -0.4 is 0 Å². The molecule has 0 unspecified atom stereocenters. The normalized spacial score (nSPS) is 20.9. The summed E-state index contributed by atoms with van der Waals surface area (Å²) in [6.07, 6.45) is 0. The fourth-order valence-corrected chi connectivity index (χ4v) is 4.45. The van der Waals surface area contributed by atoms with Gasteiger partial charge in [0.15, 0.2) is 5.41 Å². The Kier molecular flexibility index (Phi) is 6.66. The molecule has 2 aromatic carbocycles. The summed E-state index contributed by atoms with van der Waals surface area (Å²) in [5.41, 5.74) is -1.87. The van der Waals surface area contributed by atoms with Crippen molar-refractivity contribution >= 4 is 11.9 Å². The highest BCUT2D eigenvalue weighted by Crippen LogP contribution is 2.58. The van der Waals surface area contributed by atoms with Crippen molar-refractivity contribution in [2.75, 3.05) is 14.2 Å². The summed E-state index contributed by atoms with van der Waals surface area (Å²) in [4.78, 5) is 25.7. The Labute approximate surface area is 194 Å². The fraction of sp³-hybridized carbons (Fsp3) is 0.240. The molecule has 8 nitrogen and oxygen atoms in total. The van der Waals surface area contributed by atoms with Crippen molar-refractivity contribution in [3.8, 4) is 18.2 Å². The van der Waals surface area contributed by atoms with E-state index in [1.807, 2.05) is 18.2 Å². The first kappa shape index (κ1) is 24.0. The van der Waals surface area contributed by atoms with Gasteiger partial charge >= 0.3 is 11.9 Å². The van der Waals surface area contributed by atoms with E-state index in [0.29, 0.717) is 5.56 Å². The first-order valence-electron chi connectivity index (χ1n) is 9.96. The predicted molar refractivity (Wildman–Crippen MR) is 114 cm³/mol. The van der Waals surface area contributed by atoms with Gasteiger partial charge in [0.1, 0.15) is 17.5 Å². The van der Waals surface area contributed by atoms with Gasteiger partial charge in [0.05, 0.1) is 49.5 Å². The molecule has 0 amide bonds. The molecule has 0 aromatic heterocycles. The van der Waals surface area contributed by atoms with Gasteiger partial charge in [-0.15, -0.1) is 0 Å². The molecule has 1 aliphatic carbocycles. The molecule has 0 heterocycles. The Morgan fingerprint density at radius 3 is 1.97 bits per heavy atom. The fourth-order valence-electron chi connectivity index (χ4n) is 4.45. The molecule has 0 aliphatic heterocycles. The van der Waals surface area contributed by atoms with Crippen LogP contribution >= 0.6 is 0 Å². The molecule has 1 aliphatic rings.